The number of methoxy groups -OCH3 is 1. The standard InChI is InChI=1S/C19H31N3O2.HI/c1-20-19(22-15-16-9-6-7-12-18(16)23-2)21-13-8-14-24-17-10-4-3-5-11-17;/h6-7,9,12,17H,3-5,8,10-11,13-15H2,1-2H3,(H2,20,21,22);1H. The number of hydrogen-bond acceptors (Lipinski definition) is 3. The van der Waals surface area contributed by atoms with Gasteiger partial charge in [0.25, 0.3) is 0 Å². The van der Waals surface area contributed by atoms with Crippen molar-refractivity contribution >= 4 is 29.9 Å². The van der Waals surface area contributed by atoms with Crippen LogP contribution in [0.4, 0.5) is 0 Å². The highest BCUT2D eigenvalue weighted by molar-refractivity contribution is 14.0. The summed E-state index contributed by atoms with van der Waals surface area (Å²) in [7, 11) is 3.48. The summed E-state index contributed by atoms with van der Waals surface area (Å²) in [6.45, 7) is 2.36. The lowest BCUT2D eigenvalue weighted by Gasteiger charge is -2.22. The van der Waals surface area contributed by atoms with Gasteiger partial charge in [0.2, 0.25) is 0 Å². The molecule has 1 aliphatic rings. The Hall–Kier alpha value is -1.02. The van der Waals surface area contributed by atoms with E-state index in [1.807, 2.05) is 18.2 Å². The van der Waals surface area contributed by atoms with E-state index in [-0.39, 0.29) is 24.0 Å². The molecule has 142 valence electrons. The van der Waals surface area contributed by atoms with Crippen molar-refractivity contribution in [1.82, 2.24) is 10.6 Å². The quantitative estimate of drug-likeness (QED) is 0.268. The number of nitrogens with one attached hydrogen (secondary N) is 2. The fraction of sp³-hybridized carbons (Fsp3) is 0.632. The van der Waals surface area contributed by atoms with Gasteiger partial charge >= 0.3 is 0 Å². The third-order valence-electron chi connectivity index (χ3n) is 4.38. The summed E-state index contributed by atoms with van der Waals surface area (Å²) in [4.78, 5) is 4.26. The lowest BCUT2D eigenvalue weighted by atomic mass is 9.98. The first-order valence-corrected chi connectivity index (χ1v) is 9.01. The van der Waals surface area contributed by atoms with E-state index in [2.05, 4.69) is 21.7 Å². The van der Waals surface area contributed by atoms with Crippen LogP contribution in [0.2, 0.25) is 0 Å². The molecule has 0 spiro atoms. The van der Waals surface area contributed by atoms with Crippen LogP contribution in [0.1, 0.15) is 44.1 Å². The minimum atomic E-state index is 0. The largest absolute Gasteiger partial charge is 0.496 e. The summed E-state index contributed by atoms with van der Waals surface area (Å²) in [5.41, 5.74) is 1.11. The molecule has 0 radical (unpaired) electrons. The molecule has 0 atom stereocenters. The third-order valence-corrected chi connectivity index (χ3v) is 4.38. The lowest BCUT2D eigenvalue weighted by molar-refractivity contribution is 0.0277. The van der Waals surface area contributed by atoms with Crippen molar-refractivity contribution in [3.63, 3.8) is 0 Å². The molecule has 0 saturated heterocycles. The van der Waals surface area contributed by atoms with E-state index >= 15 is 0 Å². The number of nitrogens with zero attached hydrogens (tertiary/aromatic N) is 1. The van der Waals surface area contributed by atoms with E-state index < -0.39 is 0 Å². The molecule has 1 saturated carbocycles. The van der Waals surface area contributed by atoms with Gasteiger partial charge in [0.1, 0.15) is 5.75 Å². The number of para-hydroxylation sites is 1. The maximum Gasteiger partial charge on any atom is 0.191 e. The van der Waals surface area contributed by atoms with E-state index in [1.165, 1.54) is 32.1 Å². The zero-order chi connectivity index (χ0) is 17.0. The highest BCUT2D eigenvalue weighted by Crippen LogP contribution is 2.20. The van der Waals surface area contributed by atoms with Gasteiger partial charge < -0.3 is 20.1 Å². The first kappa shape index (κ1) is 22.0. The van der Waals surface area contributed by atoms with Crippen LogP contribution in [-0.4, -0.2) is 39.4 Å². The smallest absolute Gasteiger partial charge is 0.191 e. The minimum Gasteiger partial charge on any atom is -0.496 e. The summed E-state index contributed by atoms with van der Waals surface area (Å²) in [5.74, 6) is 1.69. The van der Waals surface area contributed by atoms with E-state index in [9.17, 15) is 0 Å². The molecule has 0 unspecified atom stereocenters. The second-order valence-corrected chi connectivity index (χ2v) is 6.15. The van der Waals surface area contributed by atoms with Crippen molar-refractivity contribution in [3.05, 3.63) is 29.8 Å². The number of rotatable bonds is 8. The number of ether oxygens (including phenoxy) is 2. The summed E-state index contributed by atoms with van der Waals surface area (Å²) in [6, 6.07) is 8.01. The first-order chi connectivity index (χ1) is 11.8. The zero-order valence-electron chi connectivity index (χ0n) is 15.4. The Bertz CT molecular complexity index is 505. The summed E-state index contributed by atoms with van der Waals surface area (Å²) < 4.78 is 11.3. The third kappa shape index (κ3) is 8.27. The number of aliphatic imine (C=N–C) groups is 1. The van der Waals surface area contributed by atoms with Crippen molar-refractivity contribution < 1.29 is 9.47 Å². The highest BCUT2D eigenvalue weighted by Gasteiger charge is 2.13. The van der Waals surface area contributed by atoms with Gasteiger partial charge in [-0.05, 0) is 25.3 Å². The van der Waals surface area contributed by atoms with E-state index in [0.717, 1.165) is 36.8 Å². The molecule has 0 aromatic heterocycles. The molecule has 2 rings (SSSR count). The first-order valence-electron chi connectivity index (χ1n) is 9.01. The van der Waals surface area contributed by atoms with Crippen molar-refractivity contribution in [2.75, 3.05) is 27.3 Å². The Balaban J connectivity index is 0.00000312. The van der Waals surface area contributed by atoms with E-state index in [1.54, 1.807) is 14.2 Å². The molecule has 6 heteroatoms. The maximum absolute atomic E-state index is 5.94. The van der Waals surface area contributed by atoms with E-state index in [0.29, 0.717) is 12.6 Å². The monoisotopic (exact) mass is 461 g/mol. The zero-order valence-corrected chi connectivity index (χ0v) is 17.8. The van der Waals surface area contributed by atoms with Crippen molar-refractivity contribution in [1.29, 1.82) is 0 Å². The predicted molar refractivity (Wildman–Crippen MR) is 114 cm³/mol. The van der Waals surface area contributed by atoms with Crippen LogP contribution in [0.5, 0.6) is 5.75 Å². The topological polar surface area (TPSA) is 54.9 Å². The molecule has 1 aromatic rings. The SMILES string of the molecule is CN=C(NCCCOC1CCCCC1)NCc1ccccc1OC.I. The molecule has 1 aromatic carbocycles. The highest BCUT2D eigenvalue weighted by atomic mass is 127. The molecule has 0 heterocycles. The minimum absolute atomic E-state index is 0. The number of benzene rings is 1. The van der Waals surface area contributed by atoms with Crippen LogP contribution in [0.25, 0.3) is 0 Å². The summed E-state index contributed by atoms with van der Waals surface area (Å²) in [6.07, 6.45) is 7.96. The maximum atomic E-state index is 5.94. The Labute approximate surface area is 169 Å². The molecule has 2 N–H and O–H groups in total. The Morgan fingerprint density at radius 2 is 1.92 bits per heavy atom. The van der Waals surface area contributed by atoms with Crippen LogP contribution < -0.4 is 15.4 Å². The van der Waals surface area contributed by atoms with E-state index in [4.69, 9.17) is 9.47 Å². The van der Waals surface area contributed by atoms with Crippen LogP contribution in [0, 0.1) is 0 Å². The molecular weight excluding hydrogens is 429 g/mol. The average molecular weight is 461 g/mol. The molecule has 0 amide bonds. The van der Waals surface area contributed by atoms with Crippen molar-refractivity contribution in [2.45, 2.75) is 51.2 Å². The Morgan fingerprint density at radius 3 is 2.64 bits per heavy atom. The fourth-order valence-electron chi connectivity index (χ4n) is 3.01. The van der Waals surface area contributed by atoms with Crippen molar-refractivity contribution in [2.24, 2.45) is 4.99 Å². The predicted octanol–water partition coefficient (Wildman–Crippen LogP) is 3.72. The van der Waals surface area contributed by atoms with Crippen LogP contribution >= 0.6 is 24.0 Å². The molecule has 5 nitrogen and oxygen atoms in total. The number of guanidine groups is 1. The summed E-state index contributed by atoms with van der Waals surface area (Å²) in [5, 5.41) is 6.65. The van der Waals surface area contributed by atoms with Gasteiger partial charge in [0, 0.05) is 32.3 Å². The Morgan fingerprint density at radius 1 is 1.16 bits per heavy atom. The number of halogens is 1. The second-order valence-electron chi connectivity index (χ2n) is 6.15. The molecule has 1 aliphatic carbocycles. The second kappa shape index (κ2) is 13.2. The number of hydrogen-bond donors (Lipinski definition) is 2. The van der Waals surface area contributed by atoms with Gasteiger partial charge in [-0.25, -0.2) is 0 Å². The van der Waals surface area contributed by atoms with Crippen LogP contribution in [0.15, 0.2) is 29.3 Å². The van der Waals surface area contributed by atoms with Gasteiger partial charge in [0.15, 0.2) is 5.96 Å². The molecular formula is C19H32IN3O2. The van der Waals surface area contributed by atoms with Gasteiger partial charge in [-0.15, -0.1) is 24.0 Å². The van der Waals surface area contributed by atoms with Crippen molar-refractivity contribution in [3.8, 4) is 5.75 Å². The molecule has 25 heavy (non-hydrogen) atoms. The normalized spacial score (nSPS) is 15.4. The van der Waals surface area contributed by atoms with Gasteiger partial charge in [-0.3, -0.25) is 4.99 Å². The van der Waals surface area contributed by atoms with Gasteiger partial charge in [-0.2, -0.15) is 0 Å². The average Bonchev–Trinajstić information content (AvgIpc) is 2.65. The fourth-order valence-corrected chi connectivity index (χ4v) is 3.01. The lowest BCUT2D eigenvalue weighted by Crippen LogP contribution is -2.37. The molecule has 0 bridgehead atoms. The van der Waals surface area contributed by atoms with Gasteiger partial charge in [0.05, 0.1) is 13.2 Å². The molecule has 1 fully saturated rings. The van der Waals surface area contributed by atoms with Crippen LogP contribution in [-0.2, 0) is 11.3 Å². The van der Waals surface area contributed by atoms with Crippen LogP contribution in [0.3, 0.4) is 0 Å². The summed E-state index contributed by atoms with van der Waals surface area (Å²) >= 11 is 0. The Kier molecular flexibility index (Phi) is 11.6. The molecule has 0 aliphatic heterocycles. The van der Waals surface area contributed by atoms with Gasteiger partial charge in [-0.1, -0.05) is 37.5 Å².